The van der Waals surface area contributed by atoms with Crippen LogP contribution < -0.4 is 5.32 Å². The van der Waals surface area contributed by atoms with Crippen LogP contribution in [0.3, 0.4) is 0 Å². The minimum atomic E-state index is 0.196. The van der Waals surface area contributed by atoms with Crippen molar-refractivity contribution in [2.75, 3.05) is 19.8 Å². The Morgan fingerprint density at radius 3 is 3.05 bits per heavy atom. The number of aromatic nitrogens is 1. The predicted octanol–water partition coefficient (Wildman–Crippen LogP) is 1.64. The number of pyridine rings is 1. The maximum atomic E-state index is 9.62. The van der Waals surface area contributed by atoms with Crippen molar-refractivity contribution in [1.82, 2.24) is 10.3 Å². The van der Waals surface area contributed by atoms with Gasteiger partial charge < -0.3 is 15.2 Å². The van der Waals surface area contributed by atoms with Crippen LogP contribution in [0.5, 0.6) is 0 Å². The number of hydrogen-bond acceptors (Lipinski definition) is 4. The highest BCUT2D eigenvalue weighted by atomic mass is 16.5. The van der Waals surface area contributed by atoms with Crippen molar-refractivity contribution in [2.24, 2.45) is 17.3 Å². The number of aliphatic hydroxyl groups is 1. The van der Waals surface area contributed by atoms with E-state index in [4.69, 9.17) is 4.74 Å². The molecule has 2 aliphatic rings. The van der Waals surface area contributed by atoms with Crippen LogP contribution in [0.4, 0.5) is 0 Å². The summed E-state index contributed by atoms with van der Waals surface area (Å²) in [6.45, 7) is 6.49. The first-order chi connectivity index (χ1) is 10.1. The van der Waals surface area contributed by atoms with Gasteiger partial charge in [-0.25, -0.2) is 0 Å². The quantitative estimate of drug-likeness (QED) is 0.836. The van der Waals surface area contributed by atoms with Crippen molar-refractivity contribution in [1.29, 1.82) is 0 Å². The number of nitrogens with zero attached hydrogens (tertiary/aromatic N) is 1. The van der Waals surface area contributed by atoms with Crippen molar-refractivity contribution in [3.05, 3.63) is 30.1 Å². The number of aliphatic hydroxyl groups excluding tert-OH is 1. The lowest BCUT2D eigenvalue weighted by atomic mass is 9.57. The number of hydrogen-bond donors (Lipinski definition) is 2. The first-order valence-corrected chi connectivity index (χ1v) is 7.98. The largest absolute Gasteiger partial charge is 0.396 e. The molecule has 0 amide bonds. The summed E-state index contributed by atoms with van der Waals surface area (Å²) in [6, 6.07) is 6.45. The zero-order chi connectivity index (χ0) is 14.9. The lowest BCUT2D eigenvalue weighted by Gasteiger charge is -2.55. The fraction of sp³-hybridized carbons (Fsp3) is 0.706. The standard InChI is InChI=1S/C17H26N2O2/c1-17(2)15(14-6-8-21-16(14)17)19-10-12(11-20)9-13-5-3-4-7-18-13/h3-5,7,12,14-16,19-20H,6,8-11H2,1-2H3. The molecule has 1 aromatic heterocycles. The van der Waals surface area contributed by atoms with Gasteiger partial charge in [0.15, 0.2) is 0 Å². The van der Waals surface area contributed by atoms with E-state index in [1.54, 1.807) is 0 Å². The first kappa shape index (κ1) is 14.9. The van der Waals surface area contributed by atoms with Crippen LogP contribution in [0.15, 0.2) is 24.4 Å². The Morgan fingerprint density at radius 1 is 1.48 bits per heavy atom. The van der Waals surface area contributed by atoms with E-state index in [1.807, 2.05) is 24.4 Å². The Kier molecular flexibility index (Phi) is 4.29. The molecule has 2 fully saturated rings. The van der Waals surface area contributed by atoms with E-state index in [9.17, 15) is 5.11 Å². The summed E-state index contributed by atoms with van der Waals surface area (Å²) in [6.07, 6.45) is 4.21. The fourth-order valence-corrected chi connectivity index (χ4v) is 4.05. The summed E-state index contributed by atoms with van der Waals surface area (Å²) in [4.78, 5) is 4.35. The van der Waals surface area contributed by atoms with Gasteiger partial charge in [0, 0.05) is 49.0 Å². The second-order valence-corrected chi connectivity index (χ2v) is 7.03. The van der Waals surface area contributed by atoms with Crippen LogP contribution in [0.1, 0.15) is 26.0 Å². The molecule has 0 bridgehead atoms. The molecule has 21 heavy (non-hydrogen) atoms. The number of rotatable bonds is 6. The van der Waals surface area contributed by atoms with Crippen LogP contribution in [0.25, 0.3) is 0 Å². The predicted molar refractivity (Wildman–Crippen MR) is 81.9 cm³/mol. The molecule has 1 saturated heterocycles. The molecular formula is C17H26N2O2. The number of nitrogens with one attached hydrogen (secondary N) is 1. The second kappa shape index (κ2) is 6.03. The summed E-state index contributed by atoms with van der Waals surface area (Å²) >= 11 is 0. The zero-order valence-electron chi connectivity index (χ0n) is 13.0. The zero-order valence-corrected chi connectivity index (χ0v) is 13.0. The minimum Gasteiger partial charge on any atom is -0.396 e. The van der Waals surface area contributed by atoms with Crippen molar-refractivity contribution < 1.29 is 9.84 Å². The lowest BCUT2D eigenvalue weighted by Crippen LogP contribution is -2.66. The molecule has 4 heteroatoms. The molecule has 4 atom stereocenters. The van der Waals surface area contributed by atoms with Gasteiger partial charge in [-0.2, -0.15) is 0 Å². The first-order valence-electron chi connectivity index (χ1n) is 7.98. The van der Waals surface area contributed by atoms with Crippen LogP contribution in [0, 0.1) is 17.3 Å². The van der Waals surface area contributed by atoms with Crippen LogP contribution in [-0.4, -0.2) is 42.0 Å². The van der Waals surface area contributed by atoms with Gasteiger partial charge in [-0.1, -0.05) is 19.9 Å². The molecule has 1 aliphatic carbocycles. The summed E-state index contributed by atoms with van der Waals surface area (Å²) in [5.41, 5.74) is 1.25. The molecule has 4 unspecified atom stereocenters. The molecule has 0 radical (unpaired) electrons. The van der Waals surface area contributed by atoms with Crippen molar-refractivity contribution in [3.63, 3.8) is 0 Å². The van der Waals surface area contributed by atoms with Crippen molar-refractivity contribution >= 4 is 0 Å². The van der Waals surface area contributed by atoms with Gasteiger partial charge in [0.25, 0.3) is 0 Å². The molecule has 0 spiro atoms. The minimum absolute atomic E-state index is 0.196. The van der Waals surface area contributed by atoms with E-state index in [-0.39, 0.29) is 17.9 Å². The normalized spacial score (nSPS) is 31.5. The van der Waals surface area contributed by atoms with Gasteiger partial charge in [0.2, 0.25) is 0 Å². The monoisotopic (exact) mass is 290 g/mol. The van der Waals surface area contributed by atoms with Gasteiger partial charge in [-0.05, 0) is 30.9 Å². The molecule has 1 saturated carbocycles. The highest BCUT2D eigenvalue weighted by Crippen LogP contribution is 2.52. The van der Waals surface area contributed by atoms with Gasteiger partial charge in [-0.3, -0.25) is 4.98 Å². The molecule has 3 rings (SSSR count). The molecule has 4 nitrogen and oxygen atoms in total. The Bertz CT molecular complexity index is 463. The van der Waals surface area contributed by atoms with E-state index in [0.717, 1.165) is 31.7 Å². The third kappa shape index (κ3) is 2.85. The number of fused-ring (bicyclic) bond motifs is 1. The smallest absolute Gasteiger partial charge is 0.0685 e. The highest BCUT2D eigenvalue weighted by Gasteiger charge is 2.58. The second-order valence-electron chi connectivity index (χ2n) is 7.03. The van der Waals surface area contributed by atoms with Crippen LogP contribution >= 0.6 is 0 Å². The molecular weight excluding hydrogens is 264 g/mol. The van der Waals surface area contributed by atoms with Crippen molar-refractivity contribution in [3.8, 4) is 0 Å². The van der Waals surface area contributed by atoms with Crippen LogP contribution in [-0.2, 0) is 11.2 Å². The third-order valence-corrected chi connectivity index (χ3v) is 5.21. The van der Waals surface area contributed by atoms with E-state index >= 15 is 0 Å². The van der Waals surface area contributed by atoms with E-state index in [1.165, 1.54) is 0 Å². The van der Waals surface area contributed by atoms with Crippen LogP contribution in [0.2, 0.25) is 0 Å². The van der Waals surface area contributed by atoms with E-state index in [2.05, 4.69) is 24.1 Å². The SMILES string of the molecule is CC1(C)C(NCC(CO)Cc2ccccn2)C2CCOC21. The van der Waals surface area contributed by atoms with Gasteiger partial charge in [0.05, 0.1) is 6.10 Å². The molecule has 1 aromatic rings. The molecule has 2 N–H and O–H groups in total. The summed E-state index contributed by atoms with van der Waals surface area (Å²) in [5, 5.41) is 13.3. The average Bonchev–Trinajstić information content (AvgIpc) is 2.94. The maximum Gasteiger partial charge on any atom is 0.0685 e. The summed E-state index contributed by atoms with van der Waals surface area (Å²) in [7, 11) is 0. The Hall–Kier alpha value is -0.970. The summed E-state index contributed by atoms with van der Waals surface area (Å²) < 4.78 is 5.83. The molecule has 1 aliphatic heterocycles. The van der Waals surface area contributed by atoms with Crippen molar-refractivity contribution in [2.45, 2.75) is 38.8 Å². The Morgan fingerprint density at radius 2 is 2.33 bits per heavy atom. The Balaban J connectivity index is 1.54. The maximum absolute atomic E-state index is 9.62. The molecule has 0 aromatic carbocycles. The average molecular weight is 290 g/mol. The summed E-state index contributed by atoms with van der Waals surface area (Å²) in [5.74, 6) is 0.867. The van der Waals surface area contributed by atoms with E-state index < -0.39 is 0 Å². The van der Waals surface area contributed by atoms with Gasteiger partial charge in [-0.15, -0.1) is 0 Å². The van der Waals surface area contributed by atoms with Gasteiger partial charge >= 0.3 is 0 Å². The third-order valence-electron chi connectivity index (χ3n) is 5.21. The molecule has 2 heterocycles. The fourth-order valence-electron chi connectivity index (χ4n) is 4.05. The number of ether oxygens (including phenoxy) is 1. The molecule has 116 valence electrons. The highest BCUT2D eigenvalue weighted by molar-refractivity contribution is 5.11. The Labute approximate surface area is 126 Å². The topological polar surface area (TPSA) is 54.4 Å². The van der Waals surface area contributed by atoms with Gasteiger partial charge in [0.1, 0.15) is 0 Å². The lowest BCUT2D eigenvalue weighted by molar-refractivity contribution is -0.113. The van der Waals surface area contributed by atoms with E-state index in [0.29, 0.717) is 18.1 Å².